The highest BCUT2D eigenvalue weighted by molar-refractivity contribution is 6.74. The first-order chi connectivity index (χ1) is 12.1. The second kappa shape index (κ2) is 10.8. The van der Waals surface area contributed by atoms with Gasteiger partial charge in [-0.25, -0.2) is 0 Å². The Kier molecular flexibility index (Phi) is 9.76. The molecule has 0 aromatic rings. The second-order valence-electron chi connectivity index (χ2n) is 8.80. The van der Waals surface area contributed by atoms with E-state index in [9.17, 15) is 0 Å². The van der Waals surface area contributed by atoms with Gasteiger partial charge in [0, 0.05) is 13.0 Å². The molecule has 1 rings (SSSR count). The molecule has 0 fully saturated rings. The first kappa shape index (κ1) is 23.6. The van der Waals surface area contributed by atoms with Crippen molar-refractivity contribution in [1.82, 2.24) is 0 Å². The molecule has 0 aromatic heterocycles. The van der Waals surface area contributed by atoms with Crippen LogP contribution in [-0.4, -0.2) is 54.1 Å². The number of ether oxygens (including phenoxy) is 3. The fourth-order valence-corrected chi connectivity index (χ4v) is 4.12. The third kappa shape index (κ3) is 7.65. The van der Waals surface area contributed by atoms with E-state index in [1.165, 1.54) is 5.57 Å². The lowest BCUT2D eigenvalue weighted by Crippen LogP contribution is -2.49. The maximum atomic E-state index is 6.81. The van der Waals surface area contributed by atoms with E-state index in [0.717, 1.165) is 6.42 Å². The fourth-order valence-electron chi connectivity index (χ4n) is 2.74. The van der Waals surface area contributed by atoms with Crippen LogP contribution in [0, 0.1) is 5.92 Å². The lowest BCUT2D eigenvalue weighted by molar-refractivity contribution is 0.00495. The van der Waals surface area contributed by atoms with Gasteiger partial charge >= 0.3 is 0 Å². The van der Waals surface area contributed by atoms with Crippen LogP contribution in [0.5, 0.6) is 0 Å². The molecule has 0 unspecified atom stereocenters. The quantitative estimate of drug-likeness (QED) is 0.509. The third-order valence-corrected chi connectivity index (χ3v) is 9.83. The van der Waals surface area contributed by atoms with Crippen LogP contribution in [0.25, 0.3) is 0 Å². The van der Waals surface area contributed by atoms with Crippen molar-refractivity contribution in [2.45, 2.75) is 71.4 Å². The fraction of sp³-hybridized carbons (Fsp3) is 0.810. The van der Waals surface area contributed by atoms with E-state index in [1.807, 2.05) is 0 Å². The van der Waals surface area contributed by atoms with Crippen molar-refractivity contribution in [3.63, 3.8) is 0 Å². The molecule has 0 bridgehead atoms. The molecule has 5 heteroatoms. The van der Waals surface area contributed by atoms with E-state index >= 15 is 0 Å². The lowest BCUT2D eigenvalue weighted by Gasteiger charge is -2.42. The summed E-state index contributed by atoms with van der Waals surface area (Å²) in [4.78, 5) is 0. The van der Waals surface area contributed by atoms with Crippen molar-refractivity contribution in [1.29, 1.82) is 0 Å². The minimum Gasteiger partial charge on any atom is -0.410 e. The van der Waals surface area contributed by atoms with Crippen LogP contribution in [0.3, 0.4) is 0 Å². The van der Waals surface area contributed by atoms with Gasteiger partial charge < -0.3 is 18.6 Å². The predicted molar refractivity (Wildman–Crippen MR) is 111 cm³/mol. The number of hydrogen-bond acceptors (Lipinski definition) is 4. The monoisotopic (exact) mass is 384 g/mol. The maximum Gasteiger partial charge on any atom is 0.192 e. The Morgan fingerprint density at radius 3 is 2.38 bits per heavy atom. The van der Waals surface area contributed by atoms with Gasteiger partial charge in [0.15, 0.2) is 8.32 Å². The Hall–Kier alpha value is -0.463. The highest BCUT2D eigenvalue weighted by atomic mass is 28.4. The minimum absolute atomic E-state index is 0.0176. The molecule has 0 spiro atoms. The summed E-state index contributed by atoms with van der Waals surface area (Å²) in [5, 5.41) is 0.156. The molecule has 1 aliphatic rings. The molecule has 4 nitrogen and oxygen atoms in total. The van der Waals surface area contributed by atoms with E-state index < -0.39 is 8.32 Å². The Labute approximate surface area is 162 Å². The van der Waals surface area contributed by atoms with Crippen molar-refractivity contribution in [2.75, 3.05) is 33.5 Å². The van der Waals surface area contributed by atoms with Gasteiger partial charge in [-0.15, -0.1) is 0 Å². The summed E-state index contributed by atoms with van der Waals surface area (Å²) in [7, 11) is -0.155. The minimum atomic E-state index is -1.92. The van der Waals surface area contributed by atoms with Gasteiger partial charge in [0.2, 0.25) is 0 Å². The van der Waals surface area contributed by atoms with Crippen molar-refractivity contribution < 1.29 is 18.6 Å². The van der Waals surface area contributed by atoms with Gasteiger partial charge in [-0.1, -0.05) is 51.5 Å². The third-order valence-electron chi connectivity index (χ3n) is 5.35. The van der Waals surface area contributed by atoms with E-state index in [2.05, 4.69) is 65.9 Å². The van der Waals surface area contributed by atoms with E-state index in [1.54, 1.807) is 7.11 Å². The van der Waals surface area contributed by atoms with Crippen molar-refractivity contribution in [2.24, 2.45) is 5.92 Å². The molecular formula is C21H40O4Si. The van der Waals surface area contributed by atoms with Crippen LogP contribution in [0.4, 0.5) is 0 Å². The normalized spacial score (nSPS) is 30.9. The molecule has 0 saturated heterocycles. The first-order valence-corrected chi connectivity index (χ1v) is 12.7. The van der Waals surface area contributed by atoms with Crippen LogP contribution in [-0.2, 0) is 18.6 Å². The predicted octanol–water partition coefficient (Wildman–Crippen LogP) is 4.97. The topological polar surface area (TPSA) is 36.9 Å². The molecule has 0 N–H and O–H groups in total. The molecule has 0 aromatic carbocycles. The molecule has 3 atom stereocenters. The molecule has 1 heterocycles. The van der Waals surface area contributed by atoms with Crippen LogP contribution >= 0.6 is 0 Å². The van der Waals surface area contributed by atoms with Gasteiger partial charge in [-0.3, -0.25) is 0 Å². The van der Waals surface area contributed by atoms with Gasteiger partial charge in [-0.2, -0.15) is 0 Å². The number of methoxy groups -OCH3 is 1. The molecule has 1 aliphatic heterocycles. The van der Waals surface area contributed by atoms with Crippen molar-refractivity contribution in [3.8, 4) is 0 Å². The van der Waals surface area contributed by atoms with Crippen LogP contribution in [0.1, 0.15) is 41.0 Å². The molecule has 0 amide bonds. The van der Waals surface area contributed by atoms with Gasteiger partial charge in [0.1, 0.15) is 6.10 Å². The lowest BCUT2D eigenvalue weighted by atomic mass is 9.97. The van der Waals surface area contributed by atoms with Crippen molar-refractivity contribution >= 4 is 8.32 Å². The smallest absolute Gasteiger partial charge is 0.192 e. The van der Waals surface area contributed by atoms with Gasteiger partial charge in [-0.05, 0) is 31.5 Å². The summed E-state index contributed by atoms with van der Waals surface area (Å²) in [6, 6.07) is 0. The maximum absolute atomic E-state index is 6.81. The van der Waals surface area contributed by atoms with Crippen LogP contribution in [0.15, 0.2) is 23.8 Å². The molecule has 152 valence electrons. The average Bonchev–Trinajstić information content (AvgIpc) is 2.53. The molecular weight excluding hydrogens is 344 g/mol. The largest absolute Gasteiger partial charge is 0.410 e. The summed E-state index contributed by atoms with van der Waals surface area (Å²) in [6.45, 7) is 18.4. The molecule has 0 aliphatic carbocycles. The summed E-state index contributed by atoms with van der Waals surface area (Å²) in [5.41, 5.74) is 1.22. The van der Waals surface area contributed by atoms with Crippen LogP contribution < -0.4 is 0 Å². The highest BCUT2D eigenvalue weighted by Crippen LogP contribution is 2.39. The van der Waals surface area contributed by atoms with E-state index in [-0.39, 0.29) is 23.2 Å². The standard InChI is InChI=1S/C21H40O4Si/c1-17-15-18(2)20(25-26(7,8)21(3,4)5)19(22-6)11-9-10-12-23-13-14-24-16-17/h9,11,15,18-20H,10,12-14,16H2,1-8H3/b11-9+,17-15-/t18-,19+,20+/m1/s1. The Morgan fingerprint density at radius 1 is 1.12 bits per heavy atom. The van der Waals surface area contributed by atoms with E-state index in [4.69, 9.17) is 18.6 Å². The van der Waals surface area contributed by atoms with Crippen molar-refractivity contribution in [3.05, 3.63) is 23.8 Å². The number of rotatable bonds is 3. The first-order valence-electron chi connectivity index (χ1n) is 9.78. The number of hydrogen-bond donors (Lipinski definition) is 0. The molecule has 0 radical (unpaired) electrons. The molecule has 26 heavy (non-hydrogen) atoms. The van der Waals surface area contributed by atoms with Gasteiger partial charge in [0.05, 0.1) is 32.5 Å². The Bertz CT molecular complexity index is 465. The zero-order valence-corrected chi connectivity index (χ0v) is 19.1. The van der Waals surface area contributed by atoms with Crippen LogP contribution in [0.2, 0.25) is 18.1 Å². The summed E-state index contributed by atoms with van der Waals surface area (Å²) < 4.78 is 24.0. The Morgan fingerprint density at radius 2 is 1.77 bits per heavy atom. The highest BCUT2D eigenvalue weighted by Gasteiger charge is 2.41. The second-order valence-corrected chi connectivity index (χ2v) is 13.6. The summed E-state index contributed by atoms with van der Waals surface area (Å²) in [6.07, 6.45) is 7.33. The van der Waals surface area contributed by atoms with Gasteiger partial charge in [0.25, 0.3) is 0 Å². The zero-order chi connectivity index (χ0) is 19.8. The summed E-state index contributed by atoms with van der Waals surface area (Å²) >= 11 is 0. The average molecular weight is 385 g/mol. The van der Waals surface area contributed by atoms with E-state index in [0.29, 0.717) is 26.4 Å². The SMILES string of the molecule is CO[C@H]1/C=C/CCOCCOC/C(C)=C\[C@@H](C)[C@@H]1O[Si](C)(C)C(C)(C)C. The summed E-state index contributed by atoms with van der Waals surface area (Å²) in [5.74, 6) is 0.238. The molecule has 0 saturated carbocycles. The zero-order valence-electron chi connectivity index (χ0n) is 18.1. The Balaban J connectivity index is 3.11.